The number of aryl methyl sites for hydroxylation is 1. The first-order chi connectivity index (χ1) is 14.0. The van der Waals surface area contributed by atoms with Gasteiger partial charge in [-0.2, -0.15) is 8.42 Å². The van der Waals surface area contributed by atoms with Gasteiger partial charge in [-0.3, -0.25) is 10.2 Å². The maximum absolute atomic E-state index is 12.6. The number of guanidine groups is 1. The van der Waals surface area contributed by atoms with Crippen LogP contribution in [0.1, 0.15) is 12.0 Å². The molecule has 0 spiro atoms. The first kappa shape index (κ1) is 26.5. The number of ether oxygens (including phenoxy) is 1. The Labute approximate surface area is 187 Å². The van der Waals surface area contributed by atoms with E-state index in [1.165, 1.54) is 30.3 Å². The van der Waals surface area contributed by atoms with Gasteiger partial charge in [0.05, 0.1) is 18.1 Å². The van der Waals surface area contributed by atoms with Crippen molar-refractivity contribution in [2.45, 2.75) is 23.1 Å². The molecule has 0 heterocycles. The van der Waals surface area contributed by atoms with Crippen molar-refractivity contribution in [1.29, 1.82) is 5.41 Å². The fourth-order valence-corrected chi connectivity index (χ4v) is 4.03. The SMILES string of the molecule is Cc1cc(OCCCONC(=N)N)cc(OS(=O)(=O)c2cccc(S(C)(=O)=O)c2)c1.Cl. The number of nitrogens with one attached hydrogen (secondary N) is 2. The minimum absolute atomic E-state index is 0. The third kappa shape index (κ3) is 8.61. The zero-order valence-corrected chi connectivity index (χ0v) is 19.3. The normalized spacial score (nSPS) is 11.3. The van der Waals surface area contributed by atoms with Crippen LogP contribution in [0.3, 0.4) is 0 Å². The number of halogens is 1. The molecule has 2 aromatic carbocycles. The Morgan fingerprint density at radius 2 is 1.68 bits per heavy atom. The second kappa shape index (κ2) is 11.2. The lowest BCUT2D eigenvalue weighted by molar-refractivity contribution is 0.0733. The van der Waals surface area contributed by atoms with Gasteiger partial charge in [0.1, 0.15) is 16.4 Å². The van der Waals surface area contributed by atoms with E-state index in [9.17, 15) is 16.8 Å². The van der Waals surface area contributed by atoms with Gasteiger partial charge in [-0.05, 0) is 42.8 Å². The molecule has 0 atom stereocenters. The van der Waals surface area contributed by atoms with Crippen LogP contribution in [0.25, 0.3) is 0 Å². The van der Waals surface area contributed by atoms with Gasteiger partial charge < -0.3 is 14.7 Å². The summed E-state index contributed by atoms with van der Waals surface area (Å²) in [6.45, 7) is 2.27. The molecule has 0 unspecified atom stereocenters. The molecule has 0 radical (unpaired) electrons. The molecular weight excluding hydrogens is 470 g/mol. The summed E-state index contributed by atoms with van der Waals surface area (Å²) in [6.07, 6.45) is 1.48. The monoisotopic (exact) mass is 493 g/mol. The fourth-order valence-electron chi connectivity index (χ4n) is 2.33. The number of hydrogen-bond donors (Lipinski definition) is 3. The minimum atomic E-state index is -4.25. The third-order valence-corrected chi connectivity index (χ3v) is 5.95. The highest BCUT2D eigenvalue weighted by Crippen LogP contribution is 2.26. The van der Waals surface area contributed by atoms with E-state index < -0.39 is 20.0 Å². The Kier molecular flexibility index (Phi) is 9.56. The van der Waals surface area contributed by atoms with Crippen molar-refractivity contribution >= 4 is 38.3 Å². The zero-order valence-electron chi connectivity index (χ0n) is 16.8. The van der Waals surface area contributed by atoms with Crippen molar-refractivity contribution in [2.24, 2.45) is 5.73 Å². The number of sulfone groups is 1. The molecule has 2 rings (SSSR count). The summed E-state index contributed by atoms with van der Waals surface area (Å²) < 4.78 is 59.3. The molecule has 0 fully saturated rings. The van der Waals surface area contributed by atoms with Gasteiger partial charge in [0.25, 0.3) is 0 Å². The zero-order chi connectivity index (χ0) is 22.4. The van der Waals surface area contributed by atoms with E-state index >= 15 is 0 Å². The molecule has 0 saturated heterocycles. The predicted octanol–water partition coefficient (Wildman–Crippen LogP) is 1.77. The van der Waals surface area contributed by atoms with Crippen LogP contribution in [0.2, 0.25) is 0 Å². The summed E-state index contributed by atoms with van der Waals surface area (Å²) in [5.41, 5.74) is 7.98. The molecule has 0 saturated carbocycles. The van der Waals surface area contributed by atoms with Gasteiger partial charge in [-0.25, -0.2) is 13.9 Å². The lowest BCUT2D eigenvalue weighted by atomic mass is 10.2. The van der Waals surface area contributed by atoms with E-state index in [1.54, 1.807) is 13.0 Å². The second-order valence-electron chi connectivity index (χ2n) is 6.33. The summed E-state index contributed by atoms with van der Waals surface area (Å²) in [6, 6.07) is 9.59. The van der Waals surface area contributed by atoms with Crippen LogP contribution in [0.4, 0.5) is 0 Å². The first-order valence-electron chi connectivity index (χ1n) is 8.68. The quantitative estimate of drug-likeness (QED) is 0.147. The van der Waals surface area contributed by atoms with Gasteiger partial charge in [0.2, 0.25) is 5.96 Å². The first-order valence-corrected chi connectivity index (χ1v) is 12.0. The summed E-state index contributed by atoms with van der Waals surface area (Å²) in [5, 5.41) is 6.95. The summed E-state index contributed by atoms with van der Waals surface area (Å²) in [4.78, 5) is 4.51. The van der Waals surface area contributed by atoms with Crippen LogP contribution in [0.15, 0.2) is 52.3 Å². The van der Waals surface area contributed by atoms with Crippen molar-refractivity contribution in [1.82, 2.24) is 5.48 Å². The van der Waals surface area contributed by atoms with Crippen LogP contribution in [-0.2, 0) is 24.8 Å². The Morgan fingerprint density at radius 3 is 2.32 bits per heavy atom. The molecule has 0 aliphatic carbocycles. The van der Waals surface area contributed by atoms with Crippen LogP contribution < -0.4 is 20.1 Å². The highest BCUT2D eigenvalue weighted by Gasteiger charge is 2.20. The van der Waals surface area contributed by atoms with Gasteiger partial charge in [-0.1, -0.05) is 6.07 Å². The Bertz CT molecular complexity index is 1120. The maximum atomic E-state index is 12.6. The Hall–Kier alpha value is -2.54. The summed E-state index contributed by atoms with van der Waals surface area (Å²) >= 11 is 0. The second-order valence-corrected chi connectivity index (χ2v) is 9.89. The largest absolute Gasteiger partial charge is 0.493 e. The molecule has 31 heavy (non-hydrogen) atoms. The average Bonchev–Trinajstić information content (AvgIpc) is 2.63. The molecule has 0 amide bonds. The molecule has 0 aliphatic rings. The Morgan fingerprint density at radius 1 is 1.03 bits per heavy atom. The van der Waals surface area contributed by atoms with Crippen molar-refractivity contribution < 1.29 is 30.6 Å². The van der Waals surface area contributed by atoms with E-state index in [0.29, 0.717) is 17.7 Å². The molecule has 2 aromatic rings. The van der Waals surface area contributed by atoms with Crippen LogP contribution in [-0.4, -0.2) is 42.3 Å². The number of nitrogens with two attached hydrogens (primary N) is 1. The number of hydrogen-bond acceptors (Lipinski definition) is 8. The highest BCUT2D eigenvalue weighted by atomic mass is 35.5. The molecule has 13 heteroatoms. The van der Waals surface area contributed by atoms with Gasteiger partial charge in [-0.15, -0.1) is 12.4 Å². The van der Waals surface area contributed by atoms with E-state index in [2.05, 4.69) is 5.48 Å². The average molecular weight is 494 g/mol. The molecule has 0 aromatic heterocycles. The summed E-state index contributed by atoms with van der Waals surface area (Å²) in [5.74, 6) is 0.119. The predicted molar refractivity (Wildman–Crippen MR) is 117 cm³/mol. The Balaban J connectivity index is 0.00000480. The topological polar surface area (TPSA) is 158 Å². The molecular formula is C18H24ClN3O7S2. The molecule has 10 nitrogen and oxygen atoms in total. The van der Waals surface area contributed by atoms with E-state index in [4.69, 9.17) is 24.9 Å². The van der Waals surface area contributed by atoms with Gasteiger partial charge in [0, 0.05) is 18.7 Å². The lowest BCUT2D eigenvalue weighted by Crippen LogP contribution is -2.30. The van der Waals surface area contributed by atoms with E-state index in [-0.39, 0.29) is 47.1 Å². The van der Waals surface area contributed by atoms with Crippen LogP contribution in [0.5, 0.6) is 11.5 Å². The number of hydroxylamine groups is 1. The molecule has 172 valence electrons. The van der Waals surface area contributed by atoms with E-state index in [1.807, 2.05) is 0 Å². The standard InChI is InChI=1S/C18H23N3O7S2.ClH/c1-13-9-14(26-7-4-8-27-21-18(19)20)11-15(10-13)28-30(24,25)17-6-3-5-16(12-17)29(2,22)23;/h3,5-6,9-12H,4,7-8H2,1-2H3,(H4,19,20,21);1H. The molecule has 0 aliphatic heterocycles. The van der Waals surface area contributed by atoms with Gasteiger partial charge in [0.15, 0.2) is 9.84 Å². The number of rotatable bonds is 10. The third-order valence-electron chi connectivity index (χ3n) is 3.59. The van der Waals surface area contributed by atoms with Crippen molar-refractivity contribution in [3.8, 4) is 11.5 Å². The minimum Gasteiger partial charge on any atom is -0.493 e. The number of benzene rings is 2. The van der Waals surface area contributed by atoms with Gasteiger partial charge >= 0.3 is 10.1 Å². The van der Waals surface area contributed by atoms with Crippen molar-refractivity contribution in [2.75, 3.05) is 19.5 Å². The van der Waals surface area contributed by atoms with Crippen LogP contribution in [0, 0.1) is 12.3 Å². The van der Waals surface area contributed by atoms with Crippen LogP contribution >= 0.6 is 12.4 Å². The van der Waals surface area contributed by atoms with Crippen molar-refractivity contribution in [3.05, 3.63) is 48.0 Å². The smallest absolute Gasteiger partial charge is 0.339 e. The van der Waals surface area contributed by atoms with E-state index in [0.717, 1.165) is 12.3 Å². The fraction of sp³-hybridized carbons (Fsp3) is 0.278. The molecule has 0 bridgehead atoms. The maximum Gasteiger partial charge on any atom is 0.339 e. The lowest BCUT2D eigenvalue weighted by Gasteiger charge is -2.12. The highest BCUT2D eigenvalue weighted by molar-refractivity contribution is 7.90. The summed E-state index contributed by atoms with van der Waals surface area (Å²) in [7, 11) is -7.82. The van der Waals surface area contributed by atoms with Crippen molar-refractivity contribution in [3.63, 3.8) is 0 Å². The molecule has 4 N–H and O–H groups in total.